The van der Waals surface area contributed by atoms with E-state index in [0.717, 1.165) is 44.2 Å². The zero-order valence-corrected chi connectivity index (χ0v) is 18.7. The fourth-order valence-corrected chi connectivity index (χ4v) is 3.90. The maximum Gasteiger partial charge on any atom is 0.0317 e. The Morgan fingerprint density at radius 3 is 2.21 bits per heavy atom. The predicted molar refractivity (Wildman–Crippen MR) is 130 cm³/mol. The minimum atomic E-state index is 0.821. The van der Waals surface area contributed by atoms with E-state index in [1.807, 2.05) is 12.1 Å². The Labute approximate surface area is 178 Å². The van der Waals surface area contributed by atoms with Gasteiger partial charge in [-0.1, -0.05) is 74.7 Å². The second-order valence-corrected chi connectivity index (χ2v) is 7.89. The van der Waals surface area contributed by atoms with Crippen LogP contribution in [0.5, 0.6) is 0 Å². The molecule has 0 unspecified atom stereocenters. The van der Waals surface area contributed by atoms with Crippen LogP contribution < -0.4 is 5.73 Å². The molecular weight excluding hydrogens is 350 g/mol. The van der Waals surface area contributed by atoms with Gasteiger partial charge in [-0.3, -0.25) is 0 Å². The molecule has 0 atom stereocenters. The summed E-state index contributed by atoms with van der Waals surface area (Å²) in [7, 11) is 0. The molecule has 2 N–H and O–H groups in total. The third-order valence-corrected chi connectivity index (χ3v) is 5.33. The molecule has 0 saturated heterocycles. The number of allylic oxidation sites excluding steroid dienone is 4. The van der Waals surface area contributed by atoms with E-state index in [-0.39, 0.29) is 0 Å². The van der Waals surface area contributed by atoms with Gasteiger partial charge in [-0.15, -0.1) is 6.58 Å². The van der Waals surface area contributed by atoms with Crippen LogP contribution in [0.4, 0.5) is 5.69 Å². The van der Waals surface area contributed by atoms with Crippen LogP contribution in [0.3, 0.4) is 0 Å². The van der Waals surface area contributed by atoms with Crippen LogP contribution in [-0.2, 0) is 0 Å². The van der Waals surface area contributed by atoms with Gasteiger partial charge in [0.15, 0.2) is 0 Å². The van der Waals surface area contributed by atoms with E-state index in [1.54, 1.807) is 0 Å². The van der Waals surface area contributed by atoms with Gasteiger partial charge in [0.05, 0.1) is 0 Å². The smallest absolute Gasteiger partial charge is 0.0317 e. The Kier molecular flexibility index (Phi) is 8.99. The van der Waals surface area contributed by atoms with E-state index >= 15 is 0 Å². The van der Waals surface area contributed by atoms with Crippen LogP contribution in [0.25, 0.3) is 5.57 Å². The van der Waals surface area contributed by atoms with Crippen LogP contribution in [-0.4, -0.2) is 0 Å². The fraction of sp³-hybridized carbons (Fsp3) is 0.357. The number of hydrogen-bond donors (Lipinski definition) is 1. The van der Waals surface area contributed by atoms with E-state index in [4.69, 9.17) is 5.73 Å². The Morgan fingerprint density at radius 2 is 1.62 bits per heavy atom. The van der Waals surface area contributed by atoms with Crippen molar-refractivity contribution < 1.29 is 0 Å². The van der Waals surface area contributed by atoms with Crippen molar-refractivity contribution in [2.45, 2.75) is 66.2 Å². The summed E-state index contributed by atoms with van der Waals surface area (Å²) in [5, 5.41) is 0. The van der Waals surface area contributed by atoms with Gasteiger partial charge >= 0.3 is 0 Å². The molecule has 0 bridgehead atoms. The zero-order valence-electron chi connectivity index (χ0n) is 18.7. The first-order valence-corrected chi connectivity index (χ1v) is 11.0. The van der Waals surface area contributed by atoms with E-state index in [9.17, 15) is 0 Å². The number of nitrogens with two attached hydrogens (primary N) is 1. The largest absolute Gasteiger partial charge is 0.399 e. The highest BCUT2D eigenvalue weighted by atomic mass is 14.5. The fourth-order valence-electron chi connectivity index (χ4n) is 3.90. The van der Waals surface area contributed by atoms with Gasteiger partial charge in [0.25, 0.3) is 0 Å². The van der Waals surface area contributed by atoms with Crippen molar-refractivity contribution in [1.29, 1.82) is 0 Å². The lowest BCUT2D eigenvalue weighted by atomic mass is 9.83. The van der Waals surface area contributed by atoms with E-state index < -0.39 is 0 Å². The summed E-state index contributed by atoms with van der Waals surface area (Å²) >= 11 is 0. The molecular formula is C28H37N. The number of benzene rings is 2. The van der Waals surface area contributed by atoms with Gasteiger partial charge in [0, 0.05) is 5.69 Å². The van der Waals surface area contributed by atoms with Crippen LogP contribution in [0, 0.1) is 13.8 Å². The van der Waals surface area contributed by atoms with E-state index in [2.05, 4.69) is 76.7 Å². The molecule has 0 amide bonds. The molecule has 2 rings (SSSR count). The van der Waals surface area contributed by atoms with Crippen molar-refractivity contribution in [3.05, 3.63) is 94.6 Å². The quantitative estimate of drug-likeness (QED) is 0.189. The first kappa shape index (κ1) is 22.7. The summed E-state index contributed by atoms with van der Waals surface area (Å²) in [6.07, 6.45) is 11.0. The molecule has 0 heterocycles. The summed E-state index contributed by atoms with van der Waals surface area (Å²) < 4.78 is 0. The third-order valence-electron chi connectivity index (χ3n) is 5.33. The molecule has 0 aliphatic rings. The molecule has 0 aliphatic heterocycles. The second kappa shape index (κ2) is 11.5. The summed E-state index contributed by atoms with van der Waals surface area (Å²) in [6.45, 7) is 12.7. The lowest BCUT2D eigenvalue weighted by Crippen LogP contribution is -2.02. The van der Waals surface area contributed by atoms with Crippen molar-refractivity contribution in [3.8, 4) is 0 Å². The van der Waals surface area contributed by atoms with Crippen LogP contribution in [0.1, 0.15) is 74.6 Å². The van der Waals surface area contributed by atoms with Crippen LogP contribution in [0.15, 0.2) is 72.3 Å². The van der Waals surface area contributed by atoms with E-state index in [1.165, 1.54) is 39.0 Å². The Hall–Kier alpha value is -2.54. The molecule has 29 heavy (non-hydrogen) atoms. The van der Waals surface area contributed by atoms with Gasteiger partial charge in [-0.05, 0) is 85.1 Å². The first-order valence-electron chi connectivity index (χ1n) is 11.0. The standard InChI is InChI=1S/C28H37N/c1-6-9-10-13-23(11-7-2)27(12-8-3)28(24-16-14-21(4)15-17-24)26-19-18-25(29)20-22(26)5/h6,13-20H,1,7-12,29H2,2-5H3/b23-13+,28-27+. The molecule has 0 spiro atoms. The van der Waals surface area contributed by atoms with E-state index in [0.29, 0.717) is 0 Å². The minimum absolute atomic E-state index is 0.821. The van der Waals surface area contributed by atoms with Crippen molar-refractivity contribution in [3.63, 3.8) is 0 Å². The highest BCUT2D eigenvalue weighted by Crippen LogP contribution is 2.37. The monoisotopic (exact) mass is 387 g/mol. The van der Waals surface area contributed by atoms with Crippen molar-refractivity contribution in [2.24, 2.45) is 0 Å². The minimum Gasteiger partial charge on any atom is -0.399 e. The predicted octanol–water partition coefficient (Wildman–Crippen LogP) is 8.18. The van der Waals surface area contributed by atoms with Gasteiger partial charge < -0.3 is 5.73 Å². The van der Waals surface area contributed by atoms with Crippen molar-refractivity contribution in [1.82, 2.24) is 0 Å². The average Bonchev–Trinajstić information content (AvgIpc) is 2.70. The summed E-state index contributed by atoms with van der Waals surface area (Å²) in [6, 6.07) is 15.3. The summed E-state index contributed by atoms with van der Waals surface area (Å²) in [5.41, 5.74) is 16.3. The second-order valence-electron chi connectivity index (χ2n) is 7.89. The topological polar surface area (TPSA) is 26.0 Å². The lowest BCUT2D eigenvalue weighted by molar-refractivity contribution is 0.844. The highest BCUT2D eigenvalue weighted by Gasteiger charge is 2.17. The Bertz CT molecular complexity index is 866. The average molecular weight is 388 g/mol. The molecule has 0 radical (unpaired) electrons. The van der Waals surface area contributed by atoms with Gasteiger partial charge in [-0.2, -0.15) is 0 Å². The third kappa shape index (κ3) is 6.22. The number of hydrogen-bond acceptors (Lipinski definition) is 1. The molecule has 2 aromatic rings. The highest BCUT2D eigenvalue weighted by molar-refractivity contribution is 5.86. The maximum absolute atomic E-state index is 6.07. The molecule has 0 saturated carbocycles. The number of nitrogen functional groups attached to an aromatic ring is 1. The number of rotatable bonds is 10. The van der Waals surface area contributed by atoms with Crippen molar-refractivity contribution in [2.75, 3.05) is 5.73 Å². The van der Waals surface area contributed by atoms with Gasteiger partial charge in [0.2, 0.25) is 0 Å². The molecule has 154 valence electrons. The van der Waals surface area contributed by atoms with Crippen LogP contribution >= 0.6 is 0 Å². The number of aryl methyl sites for hydroxylation is 2. The first-order chi connectivity index (χ1) is 14.0. The van der Waals surface area contributed by atoms with Crippen LogP contribution in [0.2, 0.25) is 0 Å². The number of anilines is 1. The lowest BCUT2D eigenvalue weighted by Gasteiger charge is -2.21. The number of unbranched alkanes of at least 4 members (excludes halogenated alkanes) is 1. The van der Waals surface area contributed by atoms with Gasteiger partial charge in [-0.25, -0.2) is 0 Å². The SMILES string of the molecule is C=CCC/C=C(CCC)/C(CCC)=C(\c1ccc(C)cc1)c1ccc(N)cc1C. The molecule has 2 aromatic carbocycles. The normalized spacial score (nSPS) is 12.6. The summed E-state index contributed by atoms with van der Waals surface area (Å²) in [5.74, 6) is 0. The van der Waals surface area contributed by atoms with Gasteiger partial charge in [0.1, 0.15) is 0 Å². The Balaban J connectivity index is 2.79. The molecule has 0 fully saturated rings. The zero-order chi connectivity index (χ0) is 21.2. The Morgan fingerprint density at radius 1 is 0.931 bits per heavy atom. The maximum atomic E-state index is 6.07. The van der Waals surface area contributed by atoms with Crippen molar-refractivity contribution >= 4 is 11.3 Å². The summed E-state index contributed by atoms with van der Waals surface area (Å²) in [4.78, 5) is 0. The molecule has 1 heteroatoms. The molecule has 1 nitrogen and oxygen atoms in total. The molecule has 0 aliphatic carbocycles. The molecule has 0 aromatic heterocycles.